The predicted octanol–water partition coefficient (Wildman–Crippen LogP) is 4.06. The monoisotopic (exact) mass is 324 g/mol. The van der Waals surface area contributed by atoms with E-state index in [1.54, 1.807) is 6.08 Å². The Hall–Kier alpha value is -2.49. The maximum Gasteiger partial charge on any atom is 0.340 e. The van der Waals surface area contributed by atoms with Gasteiger partial charge in [-0.05, 0) is 49.1 Å². The molecule has 4 nitrogen and oxygen atoms in total. The van der Waals surface area contributed by atoms with Gasteiger partial charge in [0.2, 0.25) is 0 Å². The van der Waals surface area contributed by atoms with E-state index in [4.69, 9.17) is 4.74 Å². The number of anilines is 1. The third-order valence-corrected chi connectivity index (χ3v) is 4.56. The molecule has 1 aliphatic rings. The number of piperidine rings is 1. The van der Waals surface area contributed by atoms with Gasteiger partial charge in [0.05, 0.1) is 11.3 Å². The van der Waals surface area contributed by atoms with Crippen molar-refractivity contribution < 1.29 is 9.53 Å². The molecule has 0 spiro atoms. The highest BCUT2D eigenvalue weighted by Gasteiger charge is 2.22. The van der Waals surface area contributed by atoms with Crippen molar-refractivity contribution in [3.05, 3.63) is 60.9 Å². The van der Waals surface area contributed by atoms with Gasteiger partial charge in [0.25, 0.3) is 0 Å². The maximum atomic E-state index is 12.5. The van der Waals surface area contributed by atoms with Crippen LogP contribution < -0.4 is 4.90 Å². The lowest BCUT2D eigenvalue weighted by molar-refractivity contribution is 0.0550. The quantitative estimate of drug-likeness (QED) is 0.614. The minimum Gasteiger partial charge on any atom is -0.458 e. The molecule has 0 atom stereocenters. The van der Waals surface area contributed by atoms with Crippen LogP contribution in [0.3, 0.4) is 0 Å². The van der Waals surface area contributed by atoms with Crippen molar-refractivity contribution in [1.82, 2.24) is 4.57 Å². The van der Waals surface area contributed by atoms with Gasteiger partial charge in [0.15, 0.2) is 0 Å². The molecule has 1 fully saturated rings. The highest BCUT2D eigenvalue weighted by molar-refractivity contribution is 5.96. The molecule has 2 aromatic rings. The first-order valence-electron chi connectivity index (χ1n) is 8.49. The molecular formula is C20H24N2O2. The summed E-state index contributed by atoms with van der Waals surface area (Å²) in [6, 6.07) is 9.94. The van der Waals surface area contributed by atoms with Crippen LogP contribution in [-0.2, 0) is 4.74 Å². The van der Waals surface area contributed by atoms with Crippen LogP contribution in [-0.4, -0.2) is 30.2 Å². The van der Waals surface area contributed by atoms with E-state index in [0.29, 0.717) is 5.56 Å². The largest absolute Gasteiger partial charge is 0.458 e. The molecule has 126 valence electrons. The molecule has 0 N–H and O–H groups in total. The lowest BCUT2D eigenvalue weighted by Crippen LogP contribution is -2.34. The van der Waals surface area contributed by atoms with Gasteiger partial charge >= 0.3 is 5.97 Å². The summed E-state index contributed by atoms with van der Waals surface area (Å²) >= 11 is 0. The molecule has 0 saturated carbocycles. The Morgan fingerprint density at radius 2 is 2.00 bits per heavy atom. The third-order valence-electron chi connectivity index (χ3n) is 4.56. The normalized spacial score (nSPS) is 15.3. The van der Waals surface area contributed by atoms with Gasteiger partial charge in [-0.1, -0.05) is 19.6 Å². The fraction of sp³-hybridized carbons (Fsp3) is 0.350. The second-order valence-corrected chi connectivity index (χ2v) is 6.35. The van der Waals surface area contributed by atoms with Crippen LogP contribution in [0.4, 0.5) is 5.69 Å². The summed E-state index contributed by atoms with van der Waals surface area (Å²) in [5.74, 6) is 0.453. The Labute approximate surface area is 143 Å². The van der Waals surface area contributed by atoms with Gasteiger partial charge < -0.3 is 14.2 Å². The molecule has 1 aliphatic heterocycles. The topological polar surface area (TPSA) is 34.5 Å². The number of hydrogen-bond donors (Lipinski definition) is 0. The summed E-state index contributed by atoms with van der Waals surface area (Å²) in [6.07, 6.45) is 7.84. The molecule has 0 unspecified atom stereocenters. The zero-order valence-corrected chi connectivity index (χ0v) is 14.1. The van der Waals surface area contributed by atoms with Crippen LogP contribution in [0.5, 0.6) is 0 Å². The van der Waals surface area contributed by atoms with E-state index < -0.39 is 0 Å². The second kappa shape index (κ2) is 7.39. The van der Waals surface area contributed by atoms with E-state index in [-0.39, 0.29) is 12.6 Å². The lowest BCUT2D eigenvalue weighted by Gasteiger charge is -2.33. The number of rotatable bonds is 5. The fourth-order valence-electron chi connectivity index (χ4n) is 3.09. The number of nitrogens with zero attached hydrogens (tertiary/aromatic N) is 2. The number of hydrogen-bond acceptors (Lipinski definition) is 3. The van der Waals surface area contributed by atoms with Crippen molar-refractivity contribution >= 4 is 11.7 Å². The summed E-state index contributed by atoms with van der Waals surface area (Å²) in [6.45, 7) is 8.08. The Morgan fingerprint density at radius 1 is 1.29 bits per heavy atom. The molecule has 0 aliphatic carbocycles. The number of benzene rings is 1. The third kappa shape index (κ3) is 3.53. The molecule has 0 radical (unpaired) electrons. The summed E-state index contributed by atoms with van der Waals surface area (Å²) in [7, 11) is 0. The number of aromatic nitrogens is 1. The molecule has 0 amide bonds. The number of ether oxygens (including phenoxy) is 1. The molecule has 1 aromatic carbocycles. The minimum absolute atomic E-state index is 0.225. The lowest BCUT2D eigenvalue weighted by atomic mass is 9.98. The first-order valence-corrected chi connectivity index (χ1v) is 8.49. The van der Waals surface area contributed by atoms with Gasteiger partial charge in [-0.25, -0.2) is 4.79 Å². The molecule has 1 saturated heterocycles. The van der Waals surface area contributed by atoms with Crippen molar-refractivity contribution in [3.8, 4) is 5.69 Å². The Kier molecular flexibility index (Phi) is 5.04. The van der Waals surface area contributed by atoms with Crippen molar-refractivity contribution in [2.75, 3.05) is 24.6 Å². The van der Waals surface area contributed by atoms with Gasteiger partial charge in [-0.15, -0.1) is 0 Å². The molecule has 1 aromatic heterocycles. The van der Waals surface area contributed by atoms with E-state index in [0.717, 1.165) is 43.2 Å². The van der Waals surface area contributed by atoms with Crippen LogP contribution in [0.25, 0.3) is 5.69 Å². The Bertz CT molecular complexity index is 698. The van der Waals surface area contributed by atoms with E-state index in [2.05, 4.69) is 24.5 Å². The van der Waals surface area contributed by atoms with E-state index in [1.807, 2.05) is 41.2 Å². The Morgan fingerprint density at radius 3 is 2.67 bits per heavy atom. The van der Waals surface area contributed by atoms with Crippen LogP contribution in [0, 0.1) is 5.92 Å². The number of carbonyl (C=O) groups excluding carboxylic acids is 1. The van der Waals surface area contributed by atoms with Crippen molar-refractivity contribution in [1.29, 1.82) is 0 Å². The maximum absolute atomic E-state index is 12.5. The average Bonchev–Trinajstić information content (AvgIpc) is 3.14. The van der Waals surface area contributed by atoms with Gasteiger partial charge in [0, 0.05) is 31.2 Å². The smallest absolute Gasteiger partial charge is 0.340 e. The summed E-state index contributed by atoms with van der Waals surface area (Å²) in [4.78, 5) is 14.8. The zero-order chi connectivity index (χ0) is 16.9. The highest BCUT2D eigenvalue weighted by Crippen LogP contribution is 2.29. The molecular weight excluding hydrogens is 300 g/mol. The first kappa shape index (κ1) is 16.4. The first-order chi connectivity index (χ1) is 11.7. The molecule has 24 heavy (non-hydrogen) atoms. The van der Waals surface area contributed by atoms with E-state index in [1.165, 1.54) is 0 Å². The van der Waals surface area contributed by atoms with Gasteiger partial charge in [0.1, 0.15) is 6.61 Å². The average molecular weight is 324 g/mol. The fourth-order valence-corrected chi connectivity index (χ4v) is 3.09. The molecule has 4 heteroatoms. The second-order valence-electron chi connectivity index (χ2n) is 6.35. The van der Waals surface area contributed by atoms with Crippen LogP contribution in [0.2, 0.25) is 0 Å². The van der Waals surface area contributed by atoms with Crippen LogP contribution in [0.15, 0.2) is 55.4 Å². The van der Waals surface area contributed by atoms with E-state index in [9.17, 15) is 4.79 Å². The van der Waals surface area contributed by atoms with Crippen LogP contribution >= 0.6 is 0 Å². The standard InChI is InChI=1S/C20H24N2O2/c1-3-14-24-20(23)18-15-17(21-10-4-5-11-21)6-7-19(18)22-12-8-16(2)9-13-22/h3-7,10-11,15-16H,1,8-9,12-14H2,2H3. The summed E-state index contributed by atoms with van der Waals surface area (Å²) in [5.41, 5.74) is 2.55. The summed E-state index contributed by atoms with van der Waals surface area (Å²) in [5, 5.41) is 0. The van der Waals surface area contributed by atoms with Crippen LogP contribution in [0.1, 0.15) is 30.1 Å². The Balaban J connectivity index is 1.94. The predicted molar refractivity (Wildman–Crippen MR) is 96.9 cm³/mol. The molecule has 3 rings (SSSR count). The number of carbonyl (C=O) groups is 1. The number of esters is 1. The van der Waals surface area contributed by atoms with Crippen molar-refractivity contribution in [3.63, 3.8) is 0 Å². The van der Waals surface area contributed by atoms with Crippen molar-refractivity contribution in [2.45, 2.75) is 19.8 Å². The minimum atomic E-state index is -0.294. The van der Waals surface area contributed by atoms with Crippen molar-refractivity contribution in [2.24, 2.45) is 5.92 Å². The molecule has 2 heterocycles. The molecule has 0 bridgehead atoms. The van der Waals surface area contributed by atoms with Gasteiger partial charge in [-0.2, -0.15) is 0 Å². The highest BCUT2D eigenvalue weighted by atomic mass is 16.5. The summed E-state index contributed by atoms with van der Waals surface area (Å²) < 4.78 is 7.30. The zero-order valence-electron chi connectivity index (χ0n) is 14.1. The van der Waals surface area contributed by atoms with E-state index >= 15 is 0 Å². The van der Waals surface area contributed by atoms with Gasteiger partial charge in [-0.3, -0.25) is 0 Å². The SMILES string of the molecule is C=CCOC(=O)c1cc(-n2cccc2)ccc1N1CCC(C)CC1.